The summed E-state index contributed by atoms with van der Waals surface area (Å²) in [7, 11) is 0. The van der Waals surface area contributed by atoms with Crippen molar-refractivity contribution in [3.63, 3.8) is 0 Å². The fourth-order valence-electron chi connectivity index (χ4n) is 2.21. The van der Waals surface area contributed by atoms with E-state index < -0.39 is 0 Å². The number of carbonyl (C=O) groups excluding carboxylic acids is 1. The fraction of sp³-hybridized carbons (Fsp3) is 0. The van der Waals surface area contributed by atoms with Crippen molar-refractivity contribution in [2.24, 2.45) is 0 Å². The van der Waals surface area contributed by atoms with Gasteiger partial charge in [-0.15, -0.1) is 34.0 Å². The Labute approximate surface area is 159 Å². The highest BCUT2D eigenvalue weighted by molar-refractivity contribution is 7.22. The second kappa shape index (κ2) is 6.46. The first-order valence-electron chi connectivity index (χ1n) is 6.81. The van der Waals surface area contributed by atoms with E-state index in [4.69, 9.17) is 23.2 Å². The number of benzene rings is 1. The van der Waals surface area contributed by atoms with Gasteiger partial charge >= 0.3 is 0 Å². The molecule has 1 amide bonds. The van der Waals surface area contributed by atoms with Crippen LogP contribution in [0.1, 0.15) is 9.67 Å². The number of halogens is 2. The van der Waals surface area contributed by atoms with E-state index in [1.807, 2.05) is 41.8 Å². The number of hydrogen-bond acceptors (Lipinski definition) is 5. The van der Waals surface area contributed by atoms with Crippen molar-refractivity contribution in [2.75, 3.05) is 5.32 Å². The van der Waals surface area contributed by atoms with Crippen molar-refractivity contribution in [2.45, 2.75) is 0 Å². The molecule has 3 aromatic heterocycles. The Morgan fingerprint density at radius 3 is 2.67 bits per heavy atom. The van der Waals surface area contributed by atoms with E-state index in [0.29, 0.717) is 19.4 Å². The van der Waals surface area contributed by atoms with Crippen LogP contribution in [0.15, 0.2) is 41.8 Å². The minimum atomic E-state index is -0.244. The van der Waals surface area contributed by atoms with Crippen molar-refractivity contribution in [1.29, 1.82) is 0 Å². The summed E-state index contributed by atoms with van der Waals surface area (Å²) in [5, 5.41) is 6.62. The first-order chi connectivity index (χ1) is 11.6. The van der Waals surface area contributed by atoms with Crippen LogP contribution in [0, 0.1) is 0 Å². The van der Waals surface area contributed by atoms with Crippen LogP contribution < -0.4 is 5.32 Å². The highest BCUT2D eigenvalue weighted by Crippen LogP contribution is 2.36. The van der Waals surface area contributed by atoms with E-state index >= 15 is 0 Å². The van der Waals surface area contributed by atoms with Crippen LogP contribution in [-0.2, 0) is 0 Å². The average Bonchev–Trinajstić information content (AvgIpc) is 3.27. The Bertz CT molecular complexity index is 1050. The van der Waals surface area contributed by atoms with Crippen molar-refractivity contribution < 1.29 is 4.79 Å². The molecular formula is C16H8Cl2N2OS3. The Morgan fingerprint density at radius 2 is 1.92 bits per heavy atom. The molecule has 0 aliphatic carbocycles. The summed E-state index contributed by atoms with van der Waals surface area (Å²) in [5.74, 6) is -0.244. The summed E-state index contributed by atoms with van der Waals surface area (Å²) in [5.41, 5.74) is 0.801. The number of hydrogen-bond donors (Lipinski definition) is 1. The molecule has 4 aromatic rings. The molecule has 1 N–H and O–H groups in total. The predicted molar refractivity (Wildman–Crippen MR) is 105 cm³/mol. The molecule has 0 unspecified atom stereocenters. The summed E-state index contributed by atoms with van der Waals surface area (Å²) in [4.78, 5) is 18.4. The Kier molecular flexibility index (Phi) is 4.32. The van der Waals surface area contributed by atoms with E-state index in [1.165, 1.54) is 34.0 Å². The van der Waals surface area contributed by atoms with Crippen molar-refractivity contribution in [1.82, 2.24) is 4.98 Å². The third kappa shape index (κ3) is 2.96. The predicted octanol–water partition coefficient (Wildman–Crippen LogP) is 6.65. The van der Waals surface area contributed by atoms with Gasteiger partial charge < -0.3 is 0 Å². The third-order valence-electron chi connectivity index (χ3n) is 3.29. The van der Waals surface area contributed by atoms with E-state index in [0.717, 1.165) is 20.7 Å². The van der Waals surface area contributed by atoms with Gasteiger partial charge in [-0.3, -0.25) is 10.1 Å². The standard InChI is InChI=1S/C16H8Cl2N2OS3/c17-12-6-5-11(23-12)9-7-22-16(19-9)20-15(21)14-13(18)8-3-1-2-4-10(8)24-14/h1-7H,(H,19,20,21). The zero-order valence-corrected chi connectivity index (χ0v) is 15.8. The van der Waals surface area contributed by atoms with Crippen molar-refractivity contribution in [3.8, 4) is 10.6 Å². The topological polar surface area (TPSA) is 42.0 Å². The lowest BCUT2D eigenvalue weighted by atomic mass is 10.2. The normalized spacial score (nSPS) is 11.1. The maximum Gasteiger partial charge on any atom is 0.269 e. The lowest BCUT2D eigenvalue weighted by Crippen LogP contribution is -2.10. The molecule has 0 radical (unpaired) electrons. The van der Waals surface area contributed by atoms with E-state index in [2.05, 4.69) is 10.3 Å². The maximum absolute atomic E-state index is 12.5. The van der Waals surface area contributed by atoms with E-state index in [9.17, 15) is 4.79 Å². The van der Waals surface area contributed by atoms with Crippen LogP contribution in [-0.4, -0.2) is 10.9 Å². The van der Waals surface area contributed by atoms with Gasteiger partial charge in [0.05, 0.1) is 19.9 Å². The number of amides is 1. The highest BCUT2D eigenvalue weighted by atomic mass is 35.5. The number of nitrogens with zero attached hydrogens (tertiary/aromatic N) is 1. The summed E-state index contributed by atoms with van der Waals surface area (Å²) in [6.45, 7) is 0. The zero-order valence-electron chi connectivity index (χ0n) is 11.9. The Hall–Kier alpha value is -1.44. The fourth-order valence-corrected chi connectivity index (χ4v) is 5.41. The molecule has 24 heavy (non-hydrogen) atoms. The minimum absolute atomic E-state index is 0.244. The molecule has 4 rings (SSSR count). The van der Waals surface area contributed by atoms with E-state index in [-0.39, 0.29) is 5.91 Å². The second-order valence-corrected chi connectivity index (χ2v) is 8.84. The monoisotopic (exact) mass is 410 g/mol. The minimum Gasteiger partial charge on any atom is -0.297 e. The first kappa shape index (κ1) is 16.1. The number of thiophene rings is 2. The highest BCUT2D eigenvalue weighted by Gasteiger charge is 2.18. The molecule has 0 saturated heterocycles. The van der Waals surface area contributed by atoms with Crippen LogP contribution >= 0.6 is 57.2 Å². The molecule has 0 aliphatic heterocycles. The molecule has 0 atom stereocenters. The molecule has 3 heterocycles. The zero-order chi connectivity index (χ0) is 16.7. The van der Waals surface area contributed by atoms with Crippen LogP contribution in [0.3, 0.4) is 0 Å². The number of thiazole rings is 1. The van der Waals surface area contributed by atoms with Crippen LogP contribution in [0.2, 0.25) is 9.36 Å². The van der Waals surface area contributed by atoms with Gasteiger partial charge in [0.1, 0.15) is 4.88 Å². The van der Waals surface area contributed by atoms with Crippen LogP contribution in [0.5, 0.6) is 0 Å². The van der Waals surface area contributed by atoms with Gasteiger partial charge in [-0.25, -0.2) is 4.98 Å². The number of anilines is 1. The third-order valence-corrected chi connectivity index (χ3v) is 6.98. The lowest BCUT2D eigenvalue weighted by Gasteiger charge is -1.99. The molecule has 3 nitrogen and oxygen atoms in total. The van der Waals surface area contributed by atoms with Gasteiger partial charge in [-0.2, -0.15) is 0 Å². The van der Waals surface area contributed by atoms with Crippen LogP contribution in [0.25, 0.3) is 20.7 Å². The maximum atomic E-state index is 12.5. The molecule has 0 spiro atoms. The number of nitrogens with one attached hydrogen (secondary N) is 1. The average molecular weight is 411 g/mol. The van der Waals surface area contributed by atoms with Gasteiger partial charge in [-0.05, 0) is 18.2 Å². The van der Waals surface area contributed by atoms with Crippen molar-refractivity contribution in [3.05, 3.63) is 56.0 Å². The molecule has 1 aromatic carbocycles. The van der Waals surface area contributed by atoms with E-state index in [1.54, 1.807) is 0 Å². The quantitative estimate of drug-likeness (QED) is 0.410. The Morgan fingerprint density at radius 1 is 1.08 bits per heavy atom. The number of carbonyl (C=O) groups is 1. The summed E-state index contributed by atoms with van der Waals surface area (Å²) >= 11 is 16.5. The molecule has 0 saturated carbocycles. The number of aromatic nitrogens is 1. The first-order valence-corrected chi connectivity index (χ1v) is 10.1. The van der Waals surface area contributed by atoms with Gasteiger partial charge in [0.25, 0.3) is 5.91 Å². The van der Waals surface area contributed by atoms with Crippen LogP contribution in [0.4, 0.5) is 5.13 Å². The molecule has 120 valence electrons. The van der Waals surface area contributed by atoms with Gasteiger partial charge in [0.2, 0.25) is 0 Å². The summed E-state index contributed by atoms with van der Waals surface area (Å²) in [6.07, 6.45) is 0. The lowest BCUT2D eigenvalue weighted by molar-refractivity contribution is 0.103. The summed E-state index contributed by atoms with van der Waals surface area (Å²) in [6, 6.07) is 11.4. The smallest absolute Gasteiger partial charge is 0.269 e. The largest absolute Gasteiger partial charge is 0.297 e. The van der Waals surface area contributed by atoms with Crippen molar-refractivity contribution >= 4 is 78.3 Å². The SMILES string of the molecule is O=C(Nc1nc(-c2ccc(Cl)s2)cs1)c1sc2ccccc2c1Cl. The number of fused-ring (bicyclic) bond motifs is 1. The molecule has 0 fully saturated rings. The molecule has 0 bridgehead atoms. The summed E-state index contributed by atoms with van der Waals surface area (Å²) < 4.78 is 1.70. The van der Waals surface area contributed by atoms with Gasteiger partial charge in [-0.1, -0.05) is 41.4 Å². The molecule has 0 aliphatic rings. The van der Waals surface area contributed by atoms with Gasteiger partial charge in [0, 0.05) is 15.5 Å². The molecule has 8 heteroatoms. The second-order valence-electron chi connectivity index (χ2n) is 4.84. The molecular weight excluding hydrogens is 403 g/mol. The van der Waals surface area contributed by atoms with Gasteiger partial charge in [0.15, 0.2) is 5.13 Å². The number of rotatable bonds is 3. The Balaban J connectivity index is 1.59.